The molecular formula is C9H11NS2. The van der Waals surface area contributed by atoms with Crippen molar-refractivity contribution in [3.05, 3.63) is 28.2 Å². The van der Waals surface area contributed by atoms with Gasteiger partial charge in [-0.05, 0) is 17.5 Å². The van der Waals surface area contributed by atoms with Crippen LogP contribution >= 0.6 is 23.6 Å². The van der Waals surface area contributed by atoms with E-state index in [0.29, 0.717) is 0 Å². The van der Waals surface area contributed by atoms with E-state index < -0.39 is 0 Å². The van der Waals surface area contributed by atoms with E-state index >= 15 is 0 Å². The average molecular weight is 197 g/mol. The first-order valence-electron chi connectivity index (χ1n) is 3.93. The zero-order valence-corrected chi connectivity index (χ0v) is 8.76. The number of H-pyrrole nitrogens is 1. The van der Waals surface area contributed by atoms with E-state index in [4.69, 9.17) is 12.2 Å². The van der Waals surface area contributed by atoms with Crippen LogP contribution in [-0.2, 0) is 0 Å². The van der Waals surface area contributed by atoms with Crippen LogP contribution in [-0.4, -0.2) is 4.98 Å². The summed E-state index contributed by atoms with van der Waals surface area (Å²) in [4.78, 5) is 3.12. The molecule has 0 saturated carbocycles. The average Bonchev–Trinajstić information content (AvgIpc) is 2.57. The fourth-order valence-electron chi connectivity index (χ4n) is 0.897. The molecule has 0 aromatic carbocycles. The van der Waals surface area contributed by atoms with Crippen molar-refractivity contribution in [2.45, 2.75) is 13.8 Å². The van der Waals surface area contributed by atoms with Gasteiger partial charge in [-0.3, -0.25) is 0 Å². The second-order valence-electron chi connectivity index (χ2n) is 2.01. The number of hydrogen-bond acceptors (Lipinski definition) is 2. The monoisotopic (exact) mass is 197 g/mol. The minimum Gasteiger partial charge on any atom is -0.360 e. The van der Waals surface area contributed by atoms with Gasteiger partial charge in [0.2, 0.25) is 0 Å². The van der Waals surface area contributed by atoms with E-state index in [1.165, 1.54) is 4.70 Å². The Balaban J connectivity index is 0.000000336. The number of pyridine rings is 1. The second-order valence-corrected chi connectivity index (χ2v) is 3.36. The Morgan fingerprint density at radius 1 is 1.33 bits per heavy atom. The first-order chi connectivity index (χ1) is 5.88. The molecule has 0 bridgehead atoms. The number of rotatable bonds is 0. The summed E-state index contributed by atoms with van der Waals surface area (Å²) in [6, 6.07) is 3.95. The summed E-state index contributed by atoms with van der Waals surface area (Å²) in [5.41, 5.74) is 1.14. The molecule has 64 valence electrons. The summed E-state index contributed by atoms with van der Waals surface area (Å²) in [5.74, 6) is 0. The van der Waals surface area contributed by atoms with Crippen molar-refractivity contribution in [3.63, 3.8) is 0 Å². The molecule has 1 N–H and O–H groups in total. The predicted octanol–water partition coefficient (Wildman–Crippen LogP) is 3.99. The van der Waals surface area contributed by atoms with Crippen molar-refractivity contribution in [3.8, 4) is 0 Å². The largest absolute Gasteiger partial charge is 0.360 e. The van der Waals surface area contributed by atoms with Crippen LogP contribution in [0.5, 0.6) is 0 Å². The highest BCUT2D eigenvalue weighted by Gasteiger charge is 1.92. The molecule has 2 aromatic heterocycles. The summed E-state index contributed by atoms with van der Waals surface area (Å²) in [7, 11) is 0. The maximum atomic E-state index is 5.10. The number of thiophene rings is 1. The molecule has 0 aliphatic heterocycles. The van der Waals surface area contributed by atoms with E-state index in [-0.39, 0.29) is 0 Å². The van der Waals surface area contributed by atoms with Gasteiger partial charge in [-0.2, -0.15) is 0 Å². The third-order valence-electron chi connectivity index (χ3n) is 1.36. The molecule has 0 aliphatic carbocycles. The van der Waals surface area contributed by atoms with Crippen molar-refractivity contribution < 1.29 is 0 Å². The Kier molecular flexibility index (Phi) is 3.44. The Morgan fingerprint density at radius 3 is 2.75 bits per heavy atom. The van der Waals surface area contributed by atoms with Gasteiger partial charge in [0.25, 0.3) is 0 Å². The van der Waals surface area contributed by atoms with Gasteiger partial charge in [0.05, 0.1) is 14.7 Å². The Hall–Kier alpha value is -0.670. The molecular weight excluding hydrogens is 186 g/mol. The van der Waals surface area contributed by atoms with Crippen molar-refractivity contribution in [1.82, 2.24) is 4.98 Å². The molecule has 2 heterocycles. The fourth-order valence-corrected chi connectivity index (χ4v) is 2.00. The molecule has 2 rings (SSSR count). The molecule has 0 saturated heterocycles. The first kappa shape index (κ1) is 9.42. The molecule has 0 atom stereocenters. The Bertz CT molecular complexity index is 400. The molecule has 2 aromatic rings. The van der Waals surface area contributed by atoms with Gasteiger partial charge in [-0.1, -0.05) is 26.1 Å². The normalized spacial score (nSPS) is 9.17. The van der Waals surface area contributed by atoms with Crippen molar-refractivity contribution in [1.29, 1.82) is 0 Å². The van der Waals surface area contributed by atoms with Gasteiger partial charge in [-0.25, -0.2) is 0 Å². The first-order valence-corrected chi connectivity index (χ1v) is 5.21. The second kappa shape index (κ2) is 4.38. The van der Waals surface area contributed by atoms with Crippen molar-refractivity contribution >= 4 is 33.8 Å². The van der Waals surface area contributed by atoms with Gasteiger partial charge in [0, 0.05) is 6.20 Å². The van der Waals surface area contributed by atoms with Crippen molar-refractivity contribution in [2.24, 2.45) is 0 Å². The summed E-state index contributed by atoms with van der Waals surface area (Å²) in [6.45, 7) is 4.00. The quantitative estimate of drug-likeness (QED) is 0.631. The lowest BCUT2D eigenvalue weighted by Gasteiger charge is -1.86. The molecule has 3 heteroatoms. The zero-order valence-electron chi connectivity index (χ0n) is 7.13. The number of aromatic nitrogens is 1. The van der Waals surface area contributed by atoms with Crippen molar-refractivity contribution in [2.75, 3.05) is 0 Å². The highest BCUT2D eigenvalue weighted by molar-refractivity contribution is 7.72. The molecule has 1 nitrogen and oxygen atoms in total. The molecule has 0 amide bonds. The summed E-state index contributed by atoms with van der Waals surface area (Å²) in [6.07, 6.45) is 1.87. The smallest absolute Gasteiger partial charge is 0.0686 e. The van der Waals surface area contributed by atoms with Gasteiger partial charge in [0.1, 0.15) is 0 Å². The van der Waals surface area contributed by atoms with E-state index in [1.54, 1.807) is 11.3 Å². The third kappa shape index (κ3) is 1.73. The van der Waals surface area contributed by atoms with E-state index in [1.807, 2.05) is 37.6 Å². The van der Waals surface area contributed by atoms with E-state index in [0.717, 1.165) is 10.0 Å². The number of aromatic amines is 1. The van der Waals surface area contributed by atoms with E-state index in [9.17, 15) is 0 Å². The highest BCUT2D eigenvalue weighted by atomic mass is 32.1. The van der Waals surface area contributed by atoms with E-state index in [2.05, 4.69) is 4.98 Å². The zero-order chi connectivity index (χ0) is 8.97. The maximum absolute atomic E-state index is 5.10. The highest BCUT2D eigenvalue weighted by Crippen LogP contribution is 2.18. The van der Waals surface area contributed by atoms with Gasteiger partial charge >= 0.3 is 0 Å². The lowest BCUT2D eigenvalue weighted by atomic mass is 10.4. The lowest BCUT2D eigenvalue weighted by molar-refractivity contribution is 1.42. The van der Waals surface area contributed by atoms with Gasteiger partial charge in [-0.15, -0.1) is 11.3 Å². The number of fused-ring (bicyclic) bond motifs is 1. The summed E-state index contributed by atoms with van der Waals surface area (Å²) < 4.78 is 2.11. The SMILES string of the molecule is CC.S=c1cc[nH]c2ccsc12. The van der Waals surface area contributed by atoms with Crippen LogP contribution in [0.4, 0.5) is 0 Å². The van der Waals surface area contributed by atoms with Crippen LogP contribution in [0.1, 0.15) is 13.8 Å². The van der Waals surface area contributed by atoms with Gasteiger partial charge < -0.3 is 4.98 Å². The predicted molar refractivity (Wildman–Crippen MR) is 58.4 cm³/mol. The van der Waals surface area contributed by atoms with Crippen LogP contribution in [0.3, 0.4) is 0 Å². The van der Waals surface area contributed by atoms with Crippen LogP contribution < -0.4 is 0 Å². The fraction of sp³-hybridized carbons (Fsp3) is 0.222. The van der Waals surface area contributed by atoms with Crippen LogP contribution in [0.25, 0.3) is 10.2 Å². The molecule has 0 unspecified atom stereocenters. The summed E-state index contributed by atoms with van der Waals surface area (Å²) >= 11 is 6.78. The topological polar surface area (TPSA) is 15.8 Å². The maximum Gasteiger partial charge on any atom is 0.0686 e. The minimum atomic E-state index is 0.934. The lowest BCUT2D eigenvalue weighted by Crippen LogP contribution is -1.69. The summed E-state index contributed by atoms with van der Waals surface area (Å²) in [5, 5.41) is 2.04. The molecule has 0 fully saturated rings. The van der Waals surface area contributed by atoms with Crippen LogP contribution in [0.15, 0.2) is 23.7 Å². The standard InChI is InChI=1S/C7H5NS2.C2H6/c9-6-1-3-8-5-2-4-10-7(5)6;1-2/h1-4H,(H,8,9);1-2H3. The third-order valence-corrected chi connectivity index (χ3v) is 2.78. The van der Waals surface area contributed by atoms with Crippen LogP contribution in [0.2, 0.25) is 0 Å². The Morgan fingerprint density at radius 2 is 2.08 bits per heavy atom. The molecule has 12 heavy (non-hydrogen) atoms. The molecule has 0 radical (unpaired) electrons. The minimum absolute atomic E-state index is 0.934. The Labute approximate surface area is 81.1 Å². The van der Waals surface area contributed by atoms with Crippen LogP contribution in [0, 0.1) is 4.51 Å². The number of hydrogen-bond donors (Lipinski definition) is 1. The molecule has 0 aliphatic rings. The van der Waals surface area contributed by atoms with Gasteiger partial charge in [0.15, 0.2) is 0 Å². The number of nitrogens with one attached hydrogen (secondary N) is 1. The molecule has 0 spiro atoms.